The van der Waals surface area contributed by atoms with Gasteiger partial charge >= 0.3 is 0 Å². The van der Waals surface area contributed by atoms with Crippen molar-refractivity contribution < 1.29 is 22.5 Å². The second kappa shape index (κ2) is 8.64. The fraction of sp³-hybridized carbons (Fsp3) is 0.250. The SMILES string of the molecule is CNC(=O)c1cc(S(=O)(=O)N(C)Cc2nc(-c3ccccc3C)no2)ccc1OC. The summed E-state index contributed by atoms with van der Waals surface area (Å²) >= 11 is 0. The number of sulfonamides is 1. The van der Waals surface area contributed by atoms with Gasteiger partial charge in [0.15, 0.2) is 0 Å². The van der Waals surface area contributed by atoms with Gasteiger partial charge in [0.05, 0.1) is 24.1 Å². The molecule has 0 atom stereocenters. The third-order valence-corrected chi connectivity index (χ3v) is 6.36. The predicted molar refractivity (Wildman–Crippen MR) is 110 cm³/mol. The minimum absolute atomic E-state index is 0.0527. The molecule has 1 heterocycles. The van der Waals surface area contributed by atoms with Gasteiger partial charge in [0.1, 0.15) is 5.75 Å². The largest absolute Gasteiger partial charge is 0.496 e. The lowest BCUT2D eigenvalue weighted by molar-refractivity contribution is 0.0960. The molecule has 0 aliphatic carbocycles. The first-order valence-electron chi connectivity index (χ1n) is 9.03. The van der Waals surface area contributed by atoms with Crippen LogP contribution in [0.3, 0.4) is 0 Å². The first-order valence-corrected chi connectivity index (χ1v) is 10.5. The monoisotopic (exact) mass is 430 g/mol. The highest BCUT2D eigenvalue weighted by Gasteiger charge is 2.25. The van der Waals surface area contributed by atoms with Crippen LogP contribution >= 0.6 is 0 Å². The van der Waals surface area contributed by atoms with Crippen molar-refractivity contribution in [2.45, 2.75) is 18.4 Å². The molecule has 0 saturated carbocycles. The van der Waals surface area contributed by atoms with Crippen LogP contribution in [0.2, 0.25) is 0 Å². The highest BCUT2D eigenvalue weighted by molar-refractivity contribution is 7.89. The second-order valence-corrected chi connectivity index (χ2v) is 8.57. The molecule has 0 aliphatic rings. The quantitative estimate of drug-likeness (QED) is 0.611. The topological polar surface area (TPSA) is 115 Å². The van der Waals surface area contributed by atoms with Gasteiger partial charge in [-0.1, -0.05) is 29.4 Å². The van der Waals surface area contributed by atoms with Crippen LogP contribution in [0.4, 0.5) is 0 Å². The number of methoxy groups -OCH3 is 1. The Labute approximate surface area is 174 Å². The molecule has 0 aliphatic heterocycles. The van der Waals surface area contributed by atoms with Gasteiger partial charge in [0.2, 0.25) is 21.7 Å². The maximum absolute atomic E-state index is 13.0. The number of amides is 1. The van der Waals surface area contributed by atoms with E-state index in [4.69, 9.17) is 9.26 Å². The number of rotatable bonds is 7. The minimum atomic E-state index is -3.92. The fourth-order valence-electron chi connectivity index (χ4n) is 2.87. The lowest BCUT2D eigenvalue weighted by atomic mass is 10.1. The Hall–Kier alpha value is -3.24. The molecule has 30 heavy (non-hydrogen) atoms. The molecule has 3 aromatic rings. The van der Waals surface area contributed by atoms with Crippen molar-refractivity contribution in [3.8, 4) is 17.1 Å². The summed E-state index contributed by atoms with van der Waals surface area (Å²) in [4.78, 5) is 16.3. The van der Waals surface area contributed by atoms with E-state index in [1.165, 1.54) is 39.4 Å². The number of hydrogen-bond donors (Lipinski definition) is 1. The number of aryl methyl sites for hydroxylation is 1. The van der Waals surface area contributed by atoms with Crippen molar-refractivity contribution in [1.82, 2.24) is 19.8 Å². The van der Waals surface area contributed by atoms with E-state index in [1.807, 2.05) is 31.2 Å². The van der Waals surface area contributed by atoms with Crippen molar-refractivity contribution in [2.75, 3.05) is 21.2 Å². The summed E-state index contributed by atoms with van der Waals surface area (Å²) in [6.07, 6.45) is 0. The molecule has 0 radical (unpaired) electrons. The molecule has 1 amide bonds. The van der Waals surface area contributed by atoms with E-state index in [-0.39, 0.29) is 28.6 Å². The summed E-state index contributed by atoms with van der Waals surface area (Å²) < 4.78 is 37.5. The van der Waals surface area contributed by atoms with E-state index in [2.05, 4.69) is 15.5 Å². The van der Waals surface area contributed by atoms with Gasteiger partial charge in [-0.25, -0.2) is 8.42 Å². The standard InChI is InChI=1S/C20H22N4O5S/c1-13-7-5-6-8-15(13)19-22-18(29-23-19)12-24(3)30(26,27)14-9-10-17(28-4)16(11-14)20(25)21-2/h5-11H,12H2,1-4H3,(H,21,25). The van der Waals surface area contributed by atoms with Gasteiger partial charge in [0, 0.05) is 19.7 Å². The molecule has 0 unspecified atom stereocenters. The Morgan fingerprint density at radius 3 is 2.63 bits per heavy atom. The zero-order chi connectivity index (χ0) is 21.9. The van der Waals surface area contributed by atoms with Crippen LogP contribution in [0.5, 0.6) is 5.75 Å². The Morgan fingerprint density at radius 2 is 1.97 bits per heavy atom. The molecule has 10 heteroatoms. The minimum Gasteiger partial charge on any atom is -0.496 e. The average Bonchev–Trinajstić information content (AvgIpc) is 3.21. The van der Waals surface area contributed by atoms with Crippen LogP contribution in [0.1, 0.15) is 21.8 Å². The molecular formula is C20H22N4O5S. The molecule has 3 rings (SSSR count). The molecule has 158 valence electrons. The summed E-state index contributed by atoms with van der Waals surface area (Å²) in [5, 5.41) is 6.42. The molecule has 0 fully saturated rings. The van der Waals surface area contributed by atoms with Crippen LogP contribution in [0.15, 0.2) is 51.9 Å². The molecule has 0 saturated heterocycles. The highest BCUT2D eigenvalue weighted by Crippen LogP contribution is 2.25. The Kier molecular flexibility index (Phi) is 6.18. The summed E-state index contributed by atoms with van der Waals surface area (Å²) in [7, 11) is 0.341. The van der Waals surface area contributed by atoms with Crippen molar-refractivity contribution >= 4 is 15.9 Å². The van der Waals surface area contributed by atoms with Crippen LogP contribution in [-0.2, 0) is 16.6 Å². The zero-order valence-corrected chi connectivity index (χ0v) is 17.9. The number of aromatic nitrogens is 2. The molecule has 0 spiro atoms. The average molecular weight is 430 g/mol. The first-order chi connectivity index (χ1) is 14.3. The van der Waals surface area contributed by atoms with E-state index in [0.717, 1.165) is 15.4 Å². The predicted octanol–water partition coefficient (Wildman–Crippen LogP) is 2.23. The second-order valence-electron chi connectivity index (χ2n) is 6.53. The molecule has 1 N–H and O–H groups in total. The Morgan fingerprint density at radius 1 is 1.23 bits per heavy atom. The Bertz CT molecular complexity index is 1170. The van der Waals surface area contributed by atoms with E-state index in [0.29, 0.717) is 5.82 Å². The third-order valence-electron chi connectivity index (χ3n) is 4.56. The maximum Gasteiger partial charge on any atom is 0.254 e. The van der Waals surface area contributed by atoms with Crippen molar-refractivity contribution in [2.24, 2.45) is 0 Å². The van der Waals surface area contributed by atoms with Crippen LogP contribution < -0.4 is 10.1 Å². The van der Waals surface area contributed by atoms with Crippen LogP contribution in [-0.4, -0.2) is 50.0 Å². The summed E-state index contributed by atoms with van der Waals surface area (Å²) in [5.74, 6) is 0.363. The maximum atomic E-state index is 13.0. The number of carbonyl (C=O) groups excluding carboxylic acids is 1. The highest BCUT2D eigenvalue weighted by atomic mass is 32.2. The van der Waals surface area contributed by atoms with E-state index >= 15 is 0 Å². The number of nitrogens with one attached hydrogen (secondary N) is 1. The molecule has 0 bridgehead atoms. The zero-order valence-electron chi connectivity index (χ0n) is 17.0. The fourth-order valence-corrected chi connectivity index (χ4v) is 4.01. The summed E-state index contributed by atoms with van der Waals surface area (Å²) in [6, 6.07) is 11.6. The lowest BCUT2D eigenvalue weighted by Gasteiger charge is -2.16. The van der Waals surface area contributed by atoms with E-state index in [1.54, 1.807) is 0 Å². The normalized spacial score (nSPS) is 11.5. The summed E-state index contributed by atoms with van der Waals surface area (Å²) in [5.41, 5.74) is 1.91. The van der Waals surface area contributed by atoms with Crippen molar-refractivity contribution in [1.29, 1.82) is 0 Å². The number of nitrogens with zero attached hydrogens (tertiary/aromatic N) is 3. The van der Waals surface area contributed by atoms with Gasteiger partial charge in [-0.15, -0.1) is 0 Å². The molecule has 2 aromatic carbocycles. The van der Waals surface area contributed by atoms with Crippen LogP contribution in [0.25, 0.3) is 11.4 Å². The van der Waals surface area contributed by atoms with Crippen LogP contribution in [0, 0.1) is 6.92 Å². The molecular weight excluding hydrogens is 408 g/mol. The number of hydrogen-bond acceptors (Lipinski definition) is 7. The van der Waals surface area contributed by atoms with Gasteiger partial charge < -0.3 is 14.6 Å². The van der Waals surface area contributed by atoms with E-state index < -0.39 is 15.9 Å². The number of ether oxygens (including phenoxy) is 1. The smallest absolute Gasteiger partial charge is 0.254 e. The van der Waals surface area contributed by atoms with Gasteiger partial charge in [-0.2, -0.15) is 9.29 Å². The Balaban J connectivity index is 1.86. The number of carbonyl (C=O) groups is 1. The van der Waals surface area contributed by atoms with E-state index in [9.17, 15) is 13.2 Å². The van der Waals surface area contributed by atoms with Crippen molar-refractivity contribution in [3.05, 3.63) is 59.5 Å². The number of benzene rings is 2. The van der Waals surface area contributed by atoms with Gasteiger partial charge in [-0.3, -0.25) is 4.79 Å². The molecule has 9 nitrogen and oxygen atoms in total. The summed E-state index contributed by atoms with van der Waals surface area (Å²) in [6.45, 7) is 1.80. The van der Waals surface area contributed by atoms with Gasteiger partial charge in [-0.05, 0) is 30.7 Å². The van der Waals surface area contributed by atoms with Crippen molar-refractivity contribution in [3.63, 3.8) is 0 Å². The first kappa shape index (κ1) is 21.5. The lowest BCUT2D eigenvalue weighted by Crippen LogP contribution is -2.27. The third kappa shape index (κ3) is 4.19. The van der Waals surface area contributed by atoms with Gasteiger partial charge in [0.25, 0.3) is 5.91 Å². The molecule has 1 aromatic heterocycles.